The Kier molecular flexibility index (Phi) is 3.85. The van der Waals surface area contributed by atoms with E-state index in [1.807, 2.05) is 0 Å². The van der Waals surface area contributed by atoms with Gasteiger partial charge in [-0.25, -0.2) is 18.2 Å². The molecule has 1 amide bonds. The summed E-state index contributed by atoms with van der Waals surface area (Å²) in [5.74, 6) is -0.0137. The summed E-state index contributed by atoms with van der Waals surface area (Å²) in [4.78, 5) is 14.4. The average Bonchev–Trinajstić information content (AvgIpc) is 2.41. The predicted molar refractivity (Wildman–Crippen MR) is 71.7 cm³/mol. The van der Waals surface area contributed by atoms with Gasteiger partial charge < -0.3 is 10.5 Å². The molecular formula is C12H11N3O4S. The van der Waals surface area contributed by atoms with E-state index >= 15 is 0 Å². The molecule has 0 saturated carbocycles. The summed E-state index contributed by atoms with van der Waals surface area (Å²) in [5.41, 5.74) is 5.07. The second kappa shape index (κ2) is 5.57. The van der Waals surface area contributed by atoms with Gasteiger partial charge >= 0.3 is 6.09 Å². The number of ether oxygens (including phenoxy) is 1. The number of rotatable bonds is 4. The van der Waals surface area contributed by atoms with Crippen LogP contribution in [0, 0.1) is 0 Å². The van der Waals surface area contributed by atoms with Gasteiger partial charge in [-0.2, -0.15) is 0 Å². The second-order valence-electron chi connectivity index (χ2n) is 3.72. The number of benzene rings is 1. The van der Waals surface area contributed by atoms with Crippen molar-refractivity contribution in [2.45, 2.75) is 4.90 Å². The third-order valence-corrected chi connectivity index (χ3v) is 3.64. The van der Waals surface area contributed by atoms with Crippen molar-refractivity contribution < 1.29 is 17.9 Å². The molecule has 0 fully saturated rings. The van der Waals surface area contributed by atoms with Crippen LogP contribution in [0.4, 0.5) is 10.5 Å². The van der Waals surface area contributed by atoms with Crippen molar-refractivity contribution >= 4 is 21.8 Å². The molecule has 1 aromatic heterocycles. The molecule has 8 heteroatoms. The Bertz CT molecular complexity index is 699. The molecule has 0 unspecified atom stereocenters. The number of nitrogens with one attached hydrogen (secondary N) is 1. The van der Waals surface area contributed by atoms with E-state index in [1.165, 1.54) is 30.5 Å². The number of aromatic nitrogens is 1. The van der Waals surface area contributed by atoms with E-state index in [2.05, 4.69) is 14.4 Å². The first-order valence-corrected chi connectivity index (χ1v) is 6.97. The van der Waals surface area contributed by atoms with Crippen molar-refractivity contribution in [1.29, 1.82) is 0 Å². The van der Waals surface area contributed by atoms with Gasteiger partial charge in [-0.05, 0) is 18.2 Å². The minimum absolute atomic E-state index is 0.0137. The lowest BCUT2D eigenvalue weighted by molar-refractivity contribution is 0.209. The lowest BCUT2D eigenvalue weighted by atomic mass is 10.4. The van der Waals surface area contributed by atoms with Crippen molar-refractivity contribution in [2.75, 3.05) is 4.72 Å². The van der Waals surface area contributed by atoms with Crippen LogP contribution in [-0.2, 0) is 10.0 Å². The molecule has 0 aliphatic carbocycles. The van der Waals surface area contributed by atoms with Crippen LogP contribution in [0.25, 0.3) is 0 Å². The summed E-state index contributed by atoms with van der Waals surface area (Å²) in [6.07, 6.45) is 0.230. The highest BCUT2D eigenvalue weighted by molar-refractivity contribution is 7.92. The van der Waals surface area contributed by atoms with E-state index in [-0.39, 0.29) is 16.5 Å². The molecule has 1 heterocycles. The fraction of sp³-hybridized carbons (Fsp3) is 0. The first-order chi connectivity index (χ1) is 9.47. The number of primary amides is 1. The summed E-state index contributed by atoms with van der Waals surface area (Å²) in [7, 11) is -3.67. The van der Waals surface area contributed by atoms with Crippen LogP contribution >= 0.6 is 0 Å². The number of hydrogen-bond donors (Lipinski definition) is 2. The van der Waals surface area contributed by atoms with Crippen LogP contribution in [-0.4, -0.2) is 19.5 Å². The van der Waals surface area contributed by atoms with Crippen LogP contribution in [0.5, 0.6) is 5.88 Å². The summed E-state index contributed by atoms with van der Waals surface area (Å²) >= 11 is 0. The highest BCUT2D eigenvalue weighted by Crippen LogP contribution is 2.16. The van der Waals surface area contributed by atoms with E-state index in [9.17, 15) is 13.2 Å². The quantitative estimate of drug-likeness (QED) is 0.883. The zero-order valence-corrected chi connectivity index (χ0v) is 11.0. The van der Waals surface area contributed by atoms with Gasteiger partial charge in [0.2, 0.25) is 5.88 Å². The topological polar surface area (TPSA) is 111 Å². The Balaban J connectivity index is 2.16. The van der Waals surface area contributed by atoms with Gasteiger partial charge in [0.15, 0.2) is 0 Å². The maximum absolute atomic E-state index is 12.0. The van der Waals surface area contributed by atoms with Crippen molar-refractivity contribution in [3.63, 3.8) is 0 Å². The SMILES string of the molecule is NC(=O)Oc1ccc(NS(=O)(=O)c2ccccc2)cn1. The minimum Gasteiger partial charge on any atom is -0.391 e. The Morgan fingerprint density at radius 2 is 1.85 bits per heavy atom. The fourth-order valence-corrected chi connectivity index (χ4v) is 2.48. The summed E-state index contributed by atoms with van der Waals surface area (Å²) < 4.78 is 30.9. The third kappa shape index (κ3) is 3.45. The minimum atomic E-state index is -3.67. The molecule has 0 spiro atoms. The molecular weight excluding hydrogens is 282 g/mol. The number of hydrogen-bond acceptors (Lipinski definition) is 5. The number of carbonyl (C=O) groups excluding carboxylic acids is 1. The number of amides is 1. The Labute approximate surface area is 115 Å². The van der Waals surface area contributed by atoms with Gasteiger partial charge in [0.25, 0.3) is 10.0 Å². The molecule has 0 aliphatic rings. The van der Waals surface area contributed by atoms with Gasteiger partial charge in [0.05, 0.1) is 16.8 Å². The van der Waals surface area contributed by atoms with Crippen LogP contribution in [0.1, 0.15) is 0 Å². The molecule has 3 N–H and O–H groups in total. The number of pyridine rings is 1. The molecule has 20 heavy (non-hydrogen) atoms. The first kappa shape index (κ1) is 13.8. The van der Waals surface area contributed by atoms with Crippen LogP contribution < -0.4 is 15.2 Å². The third-order valence-electron chi connectivity index (χ3n) is 2.25. The van der Waals surface area contributed by atoms with Gasteiger partial charge in [0, 0.05) is 6.07 Å². The molecule has 0 radical (unpaired) electrons. The van der Waals surface area contributed by atoms with Crippen LogP contribution in [0.2, 0.25) is 0 Å². The van der Waals surface area contributed by atoms with Gasteiger partial charge in [-0.3, -0.25) is 4.72 Å². The van der Waals surface area contributed by atoms with E-state index in [0.29, 0.717) is 0 Å². The zero-order valence-electron chi connectivity index (χ0n) is 10.2. The normalized spacial score (nSPS) is 10.8. The highest BCUT2D eigenvalue weighted by Gasteiger charge is 2.13. The molecule has 1 aromatic carbocycles. The van der Waals surface area contributed by atoms with E-state index in [0.717, 1.165) is 0 Å². The molecule has 0 bridgehead atoms. The molecule has 7 nitrogen and oxygen atoms in total. The van der Waals surface area contributed by atoms with Crippen LogP contribution in [0.3, 0.4) is 0 Å². The van der Waals surface area contributed by atoms with E-state index in [4.69, 9.17) is 5.73 Å². The lowest BCUT2D eigenvalue weighted by Crippen LogP contribution is -2.17. The second-order valence-corrected chi connectivity index (χ2v) is 5.41. The Morgan fingerprint density at radius 3 is 2.40 bits per heavy atom. The molecule has 2 aromatic rings. The number of anilines is 1. The number of nitrogens with two attached hydrogens (primary N) is 1. The van der Waals surface area contributed by atoms with E-state index in [1.54, 1.807) is 18.2 Å². The molecule has 0 aliphatic heterocycles. The highest BCUT2D eigenvalue weighted by atomic mass is 32.2. The summed E-state index contributed by atoms with van der Waals surface area (Å²) in [6.45, 7) is 0. The molecule has 0 atom stereocenters. The average molecular weight is 293 g/mol. The van der Waals surface area contributed by atoms with Crippen molar-refractivity contribution in [2.24, 2.45) is 5.73 Å². The Hall–Kier alpha value is -2.61. The summed E-state index contributed by atoms with van der Waals surface area (Å²) in [5, 5.41) is 0. The fourth-order valence-electron chi connectivity index (χ4n) is 1.42. The number of carbonyl (C=O) groups is 1. The lowest BCUT2D eigenvalue weighted by Gasteiger charge is -2.08. The number of nitrogens with zero attached hydrogens (tertiary/aromatic N) is 1. The van der Waals surface area contributed by atoms with Crippen molar-refractivity contribution in [3.8, 4) is 5.88 Å². The maximum atomic E-state index is 12.0. The number of sulfonamides is 1. The smallest absolute Gasteiger partial charge is 0.391 e. The standard InChI is InChI=1S/C12H11N3O4S/c13-12(16)19-11-7-6-9(8-14-11)15-20(17,18)10-4-2-1-3-5-10/h1-8,15H,(H2,13,16). The summed E-state index contributed by atoms with van der Waals surface area (Å²) in [6, 6.07) is 10.6. The molecule has 0 saturated heterocycles. The van der Waals surface area contributed by atoms with Crippen molar-refractivity contribution in [3.05, 3.63) is 48.7 Å². The monoisotopic (exact) mass is 293 g/mol. The Morgan fingerprint density at radius 1 is 1.15 bits per heavy atom. The largest absolute Gasteiger partial charge is 0.411 e. The van der Waals surface area contributed by atoms with Crippen molar-refractivity contribution in [1.82, 2.24) is 4.98 Å². The van der Waals surface area contributed by atoms with Crippen LogP contribution in [0.15, 0.2) is 53.6 Å². The maximum Gasteiger partial charge on any atom is 0.411 e. The first-order valence-electron chi connectivity index (χ1n) is 5.48. The predicted octanol–water partition coefficient (Wildman–Crippen LogP) is 1.34. The molecule has 104 valence electrons. The zero-order chi connectivity index (χ0) is 14.6. The van der Waals surface area contributed by atoms with E-state index < -0.39 is 16.1 Å². The van der Waals surface area contributed by atoms with Gasteiger partial charge in [-0.1, -0.05) is 18.2 Å². The molecule has 2 rings (SSSR count). The van der Waals surface area contributed by atoms with Gasteiger partial charge in [0.1, 0.15) is 0 Å². The van der Waals surface area contributed by atoms with Gasteiger partial charge in [-0.15, -0.1) is 0 Å².